The van der Waals surface area contributed by atoms with Crippen LogP contribution in [0.5, 0.6) is 0 Å². The summed E-state index contributed by atoms with van der Waals surface area (Å²) in [5.41, 5.74) is 25.5. The zero-order chi connectivity index (χ0) is 53.7. The number of nitrogens with one attached hydrogen (secondary N) is 7. The van der Waals surface area contributed by atoms with Crippen LogP contribution in [0.4, 0.5) is 0 Å². The first-order valence-electron chi connectivity index (χ1n) is 26.2. The Bertz CT molecular complexity index is 2350. The number of allylic oxidation sites excluding steroid dienone is 4. The molecule has 0 radical (unpaired) electrons. The quantitative estimate of drug-likeness (QED) is 0.0148. The van der Waals surface area contributed by atoms with Gasteiger partial charge in [0, 0.05) is 88.6 Å². The van der Waals surface area contributed by atoms with E-state index in [0.717, 1.165) is 52.8 Å². The van der Waals surface area contributed by atoms with Gasteiger partial charge in [-0.2, -0.15) is 0 Å². The maximum absolute atomic E-state index is 13.8. The van der Waals surface area contributed by atoms with E-state index in [1.54, 1.807) is 0 Å². The average Bonchev–Trinajstić information content (AvgIpc) is 3.96. The molecule has 72 heavy (non-hydrogen) atoms. The number of carbonyl (C=O) groups excluding carboxylic acids is 3. The minimum atomic E-state index is -0.453. The van der Waals surface area contributed by atoms with Gasteiger partial charge in [-0.05, 0) is 82.6 Å². The van der Waals surface area contributed by atoms with Gasteiger partial charge in [0.05, 0.1) is 31.7 Å². The first-order chi connectivity index (χ1) is 34.7. The van der Waals surface area contributed by atoms with E-state index in [1.165, 1.54) is 29.8 Å². The maximum Gasteiger partial charge on any atom is 0.239 e. The van der Waals surface area contributed by atoms with Crippen LogP contribution >= 0.6 is 0 Å². The van der Waals surface area contributed by atoms with Gasteiger partial charge in [0.15, 0.2) is 5.96 Å². The van der Waals surface area contributed by atoms with Crippen LogP contribution in [0.2, 0.25) is 0 Å². The number of benzene rings is 2. The highest BCUT2D eigenvalue weighted by atomic mass is 16.2. The van der Waals surface area contributed by atoms with Crippen molar-refractivity contribution in [3.63, 3.8) is 0 Å². The van der Waals surface area contributed by atoms with Gasteiger partial charge in [0.1, 0.15) is 5.78 Å². The van der Waals surface area contributed by atoms with E-state index in [9.17, 15) is 14.4 Å². The summed E-state index contributed by atoms with van der Waals surface area (Å²) in [5.74, 6) is -0.493. The highest BCUT2D eigenvalue weighted by molar-refractivity contribution is 5.84. The number of carbonyl (C=O) groups is 3. The lowest BCUT2D eigenvalue weighted by molar-refractivity contribution is -0.121. The molecule has 2 aromatic carbocycles. The Morgan fingerprint density at radius 3 is 1.79 bits per heavy atom. The molecule has 0 bridgehead atoms. The summed E-state index contributed by atoms with van der Waals surface area (Å²) in [7, 11) is 0. The van der Waals surface area contributed by atoms with E-state index in [4.69, 9.17) is 17.2 Å². The molecule has 0 aliphatic heterocycles. The minimum absolute atomic E-state index is 0.000843. The number of hydrogen-bond acceptors (Lipinski definition) is 9. The maximum atomic E-state index is 13.8. The number of aliphatic imine (C=N–C) groups is 2. The summed E-state index contributed by atoms with van der Waals surface area (Å²) in [6.07, 6.45) is 21.3. The Labute approximate surface area is 432 Å². The molecular weight excluding hydrogens is 901 g/mol. The molecule has 4 aromatic rings. The van der Waals surface area contributed by atoms with Crippen LogP contribution < -0.4 is 43.8 Å². The fourth-order valence-electron chi connectivity index (χ4n) is 7.45. The van der Waals surface area contributed by atoms with Gasteiger partial charge < -0.3 is 53.8 Å². The molecule has 15 nitrogen and oxygen atoms in total. The van der Waals surface area contributed by atoms with Crippen molar-refractivity contribution in [2.24, 2.45) is 27.2 Å². The topological polar surface area (TPSA) is 246 Å². The van der Waals surface area contributed by atoms with Crippen molar-refractivity contribution >= 4 is 51.6 Å². The van der Waals surface area contributed by atoms with Crippen LogP contribution in [0.1, 0.15) is 138 Å². The van der Waals surface area contributed by atoms with Crippen LogP contribution in [0.25, 0.3) is 21.8 Å². The average molecular weight is 993 g/mol. The number of nitrogens with zero attached hydrogens (tertiary/aromatic N) is 2. The van der Waals surface area contributed by atoms with Crippen molar-refractivity contribution in [2.75, 3.05) is 26.2 Å². The summed E-state index contributed by atoms with van der Waals surface area (Å²) in [5, 5.41) is 18.6. The molecule has 2 aromatic heterocycles. The van der Waals surface area contributed by atoms with Crippen LogP contribution in [-0.4, -0.2) is 84.0 Å². The molecule has 0 fully saturated rings. The summed E-state index contributed by atoms with van der Waals surface area (Å²) in [6.45, 7) is 22.5. The Hall–Kier alpha value is -6.61. The monoisotopic (exact) mass is 993 g/mol. The third-order valence-electron chi connectivity index (χ3n) is 10.8. The number of rotatable bonds is 28. The largest absolute Gasteiger partial charge is 0.380 e. The number of guanidine groups is 1. The molecule has 0 aliphatic rings. The van der Waals surface area contributed by atoms with Crippen molar-refractivity contribution in [3.8, 4) is 0 Å². The van der Waals surface area contributed by atoms with Crippen LogP contribution in [-0.2, 0) is 20.8 Å². The van der Waals surface area contributed by atoms with E-state index in [1.807, 2.05) is 115 Å². The summed E-state index contributed by atoms with van der Waals surface area (Å²) < 4.78 is 0. The highest BCUT2D eigenvalue weighted by Crippen LogP contribution is 2.21. The zero-order valence-corrected chi connectivity index (χ0v) is 45.6. The van der Waals surface area contributed by atoms with E-state index in [0.29, 0.717) is 50.8 Å². The molecular formula is C57H92N12O3. The Morgan fingerprint density at radius 2 is 1.24 bits per heavy atom. The second kappa shape index (κ2) is 38.1. The van der Waals surface area contributed by atoms with E-state index in [2.05, 4.69) is 92.4 Å². The number of fused-ring (bicyclic) bond motifs is 2. The van der Waals surface area contributed by atoms with Gasteiger partial charge in [-0.1, -0.05) is 129 Å². The van der Waals surface area contributed by atoms with Crippen molar-refractivity contribution in [2.45, 2.75) is 158 Å². The predicted octanol–water partition coefficient (Wildman–Crippen LogP) is 9.38. The second-order valence-corrected chi connectivity index (χ2v) is 17.1. The predicted molar refractivity (Wildman–Crippen MR) is 306 cm³/mol. The molecule has 3 atom stereocenters. The van der Waals surface area contributed by atoms with Crippen molar-refractivity contribution < 1.29 is 14.4 Å². The molecule has 0 aliphatic carbocycles. The lowest BCUT2D eigenvalue weighted by Gasteiger charge is -2.26. The van der Waals surface area contributed by atoms with Crippen molar-refractivity contribution in [1.29, 1.82) is 0 Å². The number of aromatic nitrogens is 2. The van der Waals surface area contributed by atoms with Gasteiger partial charge >= 0.3 is 0 Å². The molecule has 3 unspecified atom stereocenters. The lowest BCUT2D eigenvalue weighted by Crippen LogP contribution is -2.48. The number of unbranched alkanes of at least 4 members (excludes halogenated alkanes) is 1. The molecule has 2 amide bonds. The first kappa shape index (κ1) is 63.4. The molecule has 398 valence electrons. The molecule has 0 saturated carbocycles. The normalized spacial score (nSPS) is 13.1. The number of amides is 2. The summed E-state index contributed by atoms with van der Waals surface area (Å²) in [4.78, 5) is 54.4. The fourth-order valence-corrected chi connectivity index (χ4v) is 7.45. The number of nitrogens with two attached hydrogens (primary N) is 3. The van der Waals surface area contributed by atoms with Gasteiger partial charge in [-0.3, -0.25) is 24.4 Å². The Balaban J connectivity index is 0.00000147. The van der Waals surface area contributed by atoms with Gasteiger partial charge in [0.2, 0.25) is 11.8 Å². The third kappa shape index (κ3) is 25.0. The smallest absolute Gasteiger partial charge is 0.239 e. The molecule has 0 spiro atoms. The van der Waals surface area contributed by atoms with E-state index in [-0.39, 0.29) is 49.2 Å². The Morgan fingerprint density at radius 1 is 0.722 bits per heavy atom. The Kier molecular flexibility index (Phi) is 33.6. The summed E-state index contributed by atoms with van der Waals surface area (Å²) >= 11 is 0. The van der Waals surface area contributed by atoms with Gasteiger partial charge in [0.25, 0.3) is 0 Å². The van der Waals surface area contributed by atoms with Crippen LogP contribution in [0, 0.1) is 6.92 Å². The SMILES string of the molecule is C/C=C(/CC(N)/C(=C/CC)NCC(=O)NC(CCCN=C(N)N)/C(=C/CC)NCC(=O)NC(Cc1c[nH]c2ccccc12)/C(=C/CC)NCC(C)=O)N=CCCC.CC.CCC.Cc1c[nH]c2ccccc12. The van der Waals surface area contributed by atoms with E-state index >= 15 is 0 Å². The molecule has 4 rings (SSSR count). The zero-order valence-electron chi connectivity index (χ0n) is 45.6. The highest BCUT2D eigenvalue weighted by Gasteiger charge is 2.22. The van der Waals surface area contributed by atoms with Gasteiger partial charge in [-0.15, -0.1) is 0 Å². The van der Waals surface area contributed by atoms with Crippen molar-refractivity contribution in [1.82, 2.24) is 36.6 Å². The third-order valence-corrected chi connectivity index (χ3v) is 10.8. The molecule has 15 heteroatoms. The molecule has 0 saturated heterocycles. The van der Waals surface area contributed by atoms with Gasteiger partial charge in [-0.25, -0.2) is 0 Å². The number of Topliss-reactive ketones (excluding diaryl/α,β-unsaturated/α-hetero) is 1. The number of ketones is 1. The minimum Gasteiger partial charge on any atom is -0.380 e. The lowest BCUT2D eigenvalue weighted by atomic mass is 10.0. The number of para-hydroxylation sites is 2. The standard InChI is InChI=1S/C43H69N11O3.C9H9N.C3H8.C2H6/c1-7-12-22-47-32(11-5)25-34(44)36(16-8-2)51-28-41(56)53-39(21-15-23-48-43(45)46)37(17-9-3)52-29-42(57)54-40(38(18-10-4)49-26-30(6)55)24-31-27-50-35-20-14-13-19-33(31)35;1-7-6-10-9-5-3-2-4-8(7)9;1-3-2;1-2/h11,13-14,16-20,22,27,34,39-40,49-52H,7-10,12,15,21,23-26,28-29,44H2,1-6H3,(H,53,56)(H,54,57)(H4,45,46,48);2-6,10H,1H3;3H2,1-2H3;1-2H3/b32-11-,36-16-,37-17-,38-18-,47-22?;;;. The van der Waals surface area contributed by atoms with E-state index < -0.39 is 12.1 Å². The molecule has 13 N–H and O–H groups in total. The fraction of sp³-hybridized carbons (Fsp3) is 0.491. The van der Waals surface area contributed by atoms with Crippen LogP contribution in [0.3, 0.4) is 0 Å². The van der Waals surface area contributed by atoms with Crippen LogP contribution in [0.15, 0.2) is 118 Å². The van der Waals surface area contributed by atoms with Crippen molar-refractivity contribution in [3.05, 3.63) is 119 Å². The summed E-state index contributed by atoms with van der Waals surface area (Å²) in [6, 6.07) is 15.1. The number of aromatic amines is 2. The second-order valence-electron chi connectivity index (χ2n) is 17.1. The first-order valence-corrected chi connectivity index (χ1v) is 26.2. The number of hydrogen-bond donors (Lipinski definition) is 10. The number of aryl methyl sites for hydroxylation is 1. The molecule has 2 heterocycles. The number of H-pyrrole nitrogens is 2.